The van der Waals surface area contributed by atoms with E-state index in [4.69, 9.17) is 0 Å². The van der Waals surface area contributed by atoms with Crippen molar-refractivity contribution < 1.29 is 4.39 Å². The molecular weight excluding hydrogens is 305 g/mol. The fraction of sp³-hybridized carbons (Fsp3) is 0.538. The zero-order valence-electron chi connectivity index (χ0n) is 9.72. The molecule has 2 rings (SSSR count). The van der Waals surface area contributed by atoms with Crippen LogP contribution in [0.4, 0.5) is 4.39 Å². The molecule has 1 fully saturated rings. The Morgan fingerprint density at radius 2 is 2.00 bits per heavy atom. The highest BCUT2D eigenvalue weighted by atomic mass is 79.9. The first-order valence-electron chi connectivity index (χ1n) is 5.93. The quantitative estimate of drug-likeness (QED) is 0.880. The average molecular weight is 323 g/mol. The molecule has 0 spiro atoms. The van der Waals surface area contributed by atoms with Crippen LogP contribution in [0, 0.1) is 5.82 Å². The summed E-state index contributed by atoms with van der Waals surface area (Å²) in [5.41, 5.74) is 1.05. The predicted octanol–water partition coefficient (Wildman–Crippen LogP) is 4.08. The van der Waals surface area contributed by atoms with E-state index in [1.165, 1.54) is 31.7 Å². The van der Waals surface area contributed by atoms with Crippen LogP contribution in [0.5, 0.6) is 0 Å². The third kappa shape index (κ3) is 4.57. The first-order chi connectivity index (χ1) is 7.75. The van der Waals surface area contributed by atoms with Crippen molar-refractivity contribution in [2.75, 3.05) is 6.54 Å². The van der Waals surface area contributed by atoms with Gasteiger partial charge < -0.3 is 5.32 Å². The molecule has 0 bridgehead atoms. The van der Waals surface area contributed by atoms with Gasteiger partial charge >= 0.3 is 0 Å². The molecule has 1 nitrogen and oxygen atoms in total. The van der Waals surface area contributed by atoms with E-state index < -0.39 is 0 Å². The number of rotatable bonds is 4. The van der Waals surface area contributed by atoms with E-state index in [0.717, 1.165) is 23.0 Å². The Hall–Kier alpha value is -0.120. The van der Waals surface area contributed by atoms with Gasteiger partial charge in [0.15, 0.2) is 0 Å². The molecule has 0 heterocycles. The number of nitrogens with one attached hydrogen (secondary N) is 1. The van der Waals surface area contributed by atoms with Gasteiger partial charge in [-0.3, -0.25) is 0 Å². The van der Waals surface area contributed by atoms with Crippen molar-refractivity contribution in [2.24, 2.45) is 0 Å². The van der Waals surface area contributed by atoms with Crippen LogP contribution in [-0.4, -0.2) is 12.6 Å². The van der Waals surface area contributed by atoms with Crippen LogP contribution in [0.2, 0.25) is 0 Å². The van der Waals surface area contributed by atoms with Crippen LogP contribution >= 0.6 is 28.3 Å². The molecule has 1 aromatic carbocycles. The molecule has 1 saturated carbocycles. The van der Waals surface area contributed by atoms with Crippen LogP contribution in [0.25, 0.3) is 0 Å². The second-order valence-electron chi connectivity index (χ2n) is 4.42. The average Bonchev–Trinajstić information content (AvgIpc) is 2.76. The molecule has 1 aliphatic carbocycles. The Kier molecular flexibility index (Phi) is 6.45. The molecule has 0 amide bonds. The minimum atomic E-state index is -0.154. The fourth-order valence-corrected chi connectivity index (χ4v) is 2.72. The zero-order valence-corrected chi connectivity index (χ0v) is 12.1. The third-order valence-electron chi connectivity index (χ3n) is 3.19. The molecule has 17 heavy (non-hydrogen) atoms. The van der Waals surface area contributed by atoms with Crippen molar-refractivity contribution in [3.05, 3.63) is 34.1 Å². The van der Waals surface area contributed by atoms with E-state index in [-0.39, 0.29) is 18.2 Å². The van der Waals surface area contributed by atoms with Crippen LogP contribution in [0.3, 0.4) is 0 Å². The molecule has 0 saturated heterocycles. The minimum Gasteiger partial charge on any atom is -0.314 e. The van der Waals surface area contributed by atoms with Gasteiger partial charge in [0.1, 0.15) is 5.82 Å². The van der Waals surface area contributed by atoms with Gasteiger partial charge in [-0.05, 0) is 49.6 Å². The lowest BCUT2D eigenvalue weighted by Gasteiger charge is -2.12. The van der Waals surface area contributed by atoms with Crippen molar-refractivity contribution in [1.82, 2.24) is 5.32 Å². The molecular formula is C13H18BrClFN. The number of halogens is 3. The summed E-state index contributed by atoms with van der Waals surface area (Å²) in [5, 5.41) is 3.53. The van der Waals surface area contributed by atoms with Crippen molar-refractivity contribution in [3.63, 3.8) is 0 Å². The summed E-state index contributed by atoms with van der Waals surface area (Å²) in [4.78, 5) is 0. The van der Waals surface area contributed by atoms with E-state index in [1.54, 1.807) is 12.1 Å². The molecule has 0 radical (unpaired) electrons. The molecule has 1 aromatic rings. The SMILES string of the molecule is Cl.Fc1ccc(Br)c(CCNC2CCCC2)c1. The normalized spacial score (nSPS) is 15.9. The maximum Gasteiger partial charge on any atom is 0.123 e. The van der Waals surface area contributed by atoms with Crippen LogP contribution in [-0.2, 0) is 6.42 Å². The smallest absolute Gasteiger partial charge is 0.123 e. The molecule has 96 valence electrons. The van der Waals surface area contributed by atoms with Gasteiger partial charge in [0.2, 0.25) is 0 Å². The monoisotopic (exact) mass is 321 g/mol. The second-order valence-corrected chi connectivity index (χ2v) is 5.28. The Bertz CT molecular complexity index is 353. The van der Waals surface area contributed by atoms with Gasteiger partial charge in [0.05, 0.1) is 0 Å². The van der Waals surface area contributed by atoms with Crippen molar-refractivity contribution in [2.45, 2.75) is 38.1 Å². The van der Waals surface area contributed by atoms with Gasteiger partial charge in [-0.2, -0.15) is 0 Å². The van der Waals surface area contributed by atoms with Crippen LogP contribution < -0.4 is 5.32 Å². The number of benzene rings is 1. The lowest BCUT2D eigenvalue weighted by Crippen LogP contribution is -2.28. The zero-order chi connectivity index (χ0) is 11.4. The molecule has 0 aliphatic heterocycles. The van der Waals surface area contributed by atoms with E-state index in [2.05, 4.69) is 21.2 Å². The van der Waals surface area contributed by atoms with Crippen molar-refractivity contribution >= 4 is 28.3 Å². The van der Waals surface area contributed by atoms with E-state index in [1.807, 2.05) is 0 Å². The maximum absolute atomic E-state index is 13.0. The number of hydrogen-bond donors (Lipinski definition) is 1. The molecule has 0 aromatic heterocycles. The van der Waals surface area contributed by atoms with Crippen LogP contribution in [0.1, 0.15) is 31.2 Å². The summed E-state index contributed by atoms with van der Waals surface area (Å²) in [5.74, 6) is -0.154. The van der Waals surface area contributed by atoms with Gasteiger partial charge in [-0.25, -0.2) is 4.39 Å². The largest absolute Gasteiger partial charge is 0.314 e. The molecule has 0 unspecified atom stereocenters. The molecule has 4 heteroatoms. The fourth-order valence-electron chi connectivity index (χ4n) is 2.28. The predicted molar refractivity (Wildman–Crippen MR) is 75.3 cm³/mol. The van der Waals surface area contributed by atoms with Crippen molar-refractivity contribution in [3.8, 4) is 0 Å². The highest BCUT2D eigenvalue weighted by molar-refractivity contribution is 9.10. The van der Waals surface area contributed by atoms with Gasteiger partial charge in [0.25, 0.3) is 0 Å². The summed E-state index contributed by atoms with van der Waals surface area (Å²) < 4.78 is 14.0. The Morgan fingerprint density at radius 3 is 2.71 bits per heavy atom. The maximum atomic E-state index is 13.0. The summed E-state index contributed by atoms with van der Waals surface area (Å²) >= 11 is 3.45. The Labute approximate surface area is 117 Å². The highest BCUT2D eigenvalue weighted by Crippen LogP contribution is 2.19. The topological polar surface area (TPSA) is 12.0 Å². The molecule has 1 aliphatic rings. The van der Waals surface area contributed by atoms with Gasteiger partial charge in [-0.1, -0.05) is 28.8 Å². The summed E-state index contributed by atoms with van der Waals surface area (Å²) in [7, 11) is 0. The molecule has 0 atom stereocenters. The van der Waals surface area contributed by atoms with Crippen LogP contribution in [0.15, 0.2) is 22.7 Å². The van der Waals surface area contributed by atoms with E-state index in [9.17, 15) is 4.39 Å². The first-order valence-corrected chi connectivity index (χ1v) is 6.72. The second kappa shape index (κ2) is 7.34. The number of hydrogen-bond acceptors (Lipinski definition) is 1. The third-order valence-corrected chi connectivity index (χ3v) is 3.96. The van der Waals surface area contributed by atoms with Crippen molar-refractivity contribution in [1.29, 1.82) is 0 Å². The van der Waals surface area contributed by atoms with Gasteiger partial charge in [-0.15, -0.1) is 12.4 Å². The summed E-state index contributed by atoms with van der Waals surface area (Å²) in [6, 6.07) is 5.56. The summed E-state index contributed by atoms with van der Waals surface area (Å²) in [6.45, 7) is 0.937. The lowest BCUT2D eigenvalue weighted by molar-refractivity contribution is 0.526. The summed E-state index contributed by atoms with van der Waals surface area (Å²) in [6.07, 6.45) is 6.17. The Morgan fingerprint density at radius 1 is 1.29 bits per heavy atom. The first kappa shape index (κ1) is 14.9. The minimum absolute atomic E-state index is 0. The molecule has 1 N–H and O–H groups in total. The highest BCUT2D eigenvalue weighted by Gasteiger charge is 2.13. The lowest BCUT2D eigenvalue weighted by atomic mass is 10.1. The Balaban J connectivity index is 0.00000144. The van der Waals surface area contributed by atoms with E-state index >= 15 is 0 Å². The van der Waals surface area contributed by atoms with Gasteiger partial charge in [0, 0.05) is 10.5 Å². The standard InChI is InChI=1S/C13H17BrFN.ClH/c14-13-6-5-11(15)9-10(13)7-8-16-12-3-1-2-4-12;/h5-6,9,12,16H,1-4,7-8H2;1H. The van der Waals surface area contributed by atoms with E-state index in [0.29, 0.717) is 6.04 Å².